The molecule has 1 heterocycles. The fraction of sp³-hybridized carbons (Fsp3) is 0.0909. The number of nitrogens with one attached hydrogen (secondary N) is 1. The van der Waals surface area contributed by atoms with E-state index in [1.165, 1.54) is 12.1 Å². The van der Waals surface area contributed by atoms with Crippen molar-refractivity contribution in [3.8, 4) is 11.3 Å². The minimum absolute atomic E-state index is 0.0172. The SMILES string of the molecule is FC(F)(F)c1cc(-c2cccc(Cl)c2Cl)nc(=S)[nH]1. The monoisotopic (exact) mass is 324 g/mol. The van der Waals surface area contributed by atoms with Crippen molar-refractivity contribution in [1.82, 2.24) is 9.97 Å². The van der Waals surface area contributed by atoms with Gasteiger partial charge in [-0.3, -0.25) is 0 Å². The molecule has 0 aliphatic rings. The van der Waals surface area contributed by atoms with Crippen molar-refractivity contribution < 1.29 is 13.2 Å². The van der Waals surface area contributed by atoms with Crippen molar-refractivity contribution in [2.45, 2.75) is 6.18 Å². The lowest BCUT2D eigenvalue weighted by Crippen LogP contribution is -2.09. The van der Waals surface area contributed by atoms with Crippen molar-refractivity contribution in [3.63, 3.8) is 0 Å². The number of hydrogen-bond acceptors (Lipinski definition) is 2. The molecule has 2 aromatic rings. The van der Waals surface area contributed by atoms with E-state index in [1.54, 1.807) is 6.07 Å². The van der Waals surface area contributed by atoms with Crippen LogP contribution in [-0.2, 0) is 6.18 Å². The number of alkyl halides is 3. The smallest absolute Gasteiger partial charge is 0.327 e. The first-order valence-corrected chi connectivity index (χ1v) is 6.08. The van der Waals surface area contributed by atoms with Crippen LogP contribution in [0.3, 0.4) is 0 Å². The van der Waals surface area contributed by atoms with Gasteiger partial charge in [0.05, 0.1) is 15.7 Å². The Labute approximate surface area is 121 Å². The first kappa shape index (κ1) is 14.3. The summed E-state index contributed by atoms with van der Waals surface area (Å²) in [4.78, 5) is 5.83. The molecule has 0 saturated heterocycles. The molecule has 1 N–H and O–H groups in total. The molecular formula is C11H5Cl2F3N2S. The number of hydrogen-bond donors (Lipinski definition) is 1. The average molecular weight is 325 g/mol. The van der Waals surface area contributed by atoms with Gasteiger partial charge in [-0.2, -0.15) is 13.2 Å². The molecule has 2 rings (SSSR count). The molecule has 0 saturated carbocycles. The van der Waals surface area contributed by atoms with Gasteiger partial charge in [0.25, 0.3) is 0 Å². The summed E-state index contributed by atoms with van der Waals surface area (Å²) in [5.41, 5.74) is -0.679. The summed E-state index contributed by atoms with van der Waals surface area (Å²) in [6.45, 7) is 0. The van der Waals surface area contributed by atoms with E-state index in [0.29, 0.717) is 5.56 Å². The summed E-state index contributed by atoms with van der Waals surface area (Å²) in [6.07, 6.45) is -4.55. The van der Waals surface area contributed by atoms with E-state index in [2.05, 4.69) is 17.2 Å². The molecule has 0 atom stereocenters. The molecular weight excluding hydrogens is 320 g/mol. The van der Waals surface area contributed by atoms with Crippen LogP contribution < -0.4 is 0 Å². The first-order chi connectivity index (χ1) is 8.79. The van der Waals surface area contributed by atoms with E-state index >= 15 is 0 Å². The third-order valence-corrected chi connectivity index (χ3v) is 3.29. The van der Waals surface area contributed by atoms with Crippen LogP contribution in [-0.4, -0.2) is 9.97 Å². The molecule has 100 valence electrons. The molecule has 1 aromatic heterocycles. The van der Waals surface area contributed by atoms with Crippen molar-refractivity contribution in [1.29, 1.82) is 0 Å². The quantitative estimate of drug-likeness (QED) is 0.736. The Morgan fingerprint density at radius 1 is 1.21 bits per heavy atom. The molecule has 0 radical (unpaired) electrons. The van der Waals surface area contributed by atoms with Crippen LogP contribution in [0.2, 0.25) is 10.0 Å². The van der Waals surface area contributed by atoms with Gasteiger partial charge in [0.2, 0.25) is 0 Å². The van der Waals surface area contributed by atoms with E-state index in [-0.39, 0.29) is 20.5 Å². The summed E-state index contributed by atoms with van der Waals surface area (Å²) in [6, 6.07) is 5.46. The maximum atomic E-state index is 12.7. The molecule has 0 aliphatic carbocycles. The van der Waals surface area contributed by atoms with E-state index in [4.69, 9.17) is 23.2 Å². The van der Waals surface area contributed by atoms with Crippen LogP contribution in [0.15, 0.2) is 24.3 Å². The number of aromatic nitrogens is 2. The Morgan fingerprint density at radius 2 is 1.89 bits per heavy atom. The maximum absolute atomic E-state index is 12.7. The minimum Gasteiger partial charge on any atom is -0.327 e. The molecule has 0 aliphatic heterocycles. The van der Waals surface area contributed by atoms with Gasteiger partial charge in [-0.15, -0.1) is 0 Å². The van der Waals surface area contributed by atoms with Gasteiger partial charge in [-0.1, -0.05) is 35.3 Å². The largest absolute Gasteiger partial charge is 0.431 e. The van der Waals surface area contributed by atoms with Crippen molar-refractivity contribution >= 4 is 35.4 Å². The van der Waals surface area contributed by atoms with Crippen molar-refractivity contribution in [2.24, 2.45) is 0 Å². The highest BCUT2D eigenvalue weighted by Crippen LogP contribution is 2.35. The standard InChI is InChI=1S/C11H5Cl2F3N2S/c12-6-3-1-2-5(9(6)13)7-4-8(11(14,15)16)18-10(19)17-7/h1-4H,(H,17,18,19). The number of halogens is 5. The minimum atomic E-state index is -4.55. The number of nitrogens with zero attached hydrogens (tertiary/aromatic N) is 1. The van der Waals surface area contributed by atoms with Crippen LogP contribution in [0, 0.1) is 4.77 Å². The van der Waals surface area contributed by atoms with Gasteiger partial charge in [-0.25, -0.2) is 4.98 Å². The number of H-pyrrole nitrogens is 1. The number of benzene rings is 1. The van der Waals surface area contributed by atoms with E-state index in [1.807, 2.05) is 4.98 Å². The Morgan fingerprint density at radius 3 is 2.53 bits per heavy atom. The Bertz CT molecular complexity index is 682. The van der Waals surface area contributed by atoms with Gasteiger partial charge in [0, 0.05) is 5.56 Å². The lowest BCUT2D eigenvalue weighted by molar-refractivity contribution is -0.141. The summed E-state index contributed by atoms with van der Waals surface area (Å²) < 4.78 is 37.8. The predicted molar refractivity (Wildman–Crippen MR) is 69.9 cm³/mol. The van der Waals surface area contributed by atoms with Crippen molar-refractivity contribution in [2.75, 3.05) is 0 Å². The zero-order valence-electron chi connectivity index (χ0n) is 9.05. The third-order valence-electron chi connectivity index (χ3n) is 2.28. The molecule has 0 spiro atoms. The summed E-state index contributed by atoms with van der Waals surface area (Å²) in [7, 11) is 0. The lowest BCUT2D eigenvalue weighted by Gasteiger charge is -2.09. The second kappa shape index (κ2) is 5.11. The zero-order chi connectivity index (χ0) is 14.2. The van der Waals surface area contributed by atoms with Gasteiger partial charge >= 0.3 is 6.18 Å². The van der Waals surface area contributed by atoms with E-state index in [9.17, 15) is 13.2 Å². The number of rotatable bonds is 1. The molecule has 0 amide bonds. The van der Waals surface area contributed by atoms with Gasteiger partial charge < -0.3 is 4.98 Å². The Kier molecular flexibility index (Phi) is 3.85. The normalized spacial score (nSPS) is 11.6. The third kappa shape index (κ3) is 3.08. The fourth-order valence-electron chi connectivity index (χ4n) is 1.45. The van der Waals surface area contributed by atoms with E-state index < -0.39 is 11.9 Å². The van der Waals surface area contributed by atoms with Crippen LogP contribution in [0.4, 0.5) is 13.2 Å². The second-order valence-electron chi connectivity index (χ2n) is 3.58. The van der Waals surface area contributed by atoms with Crippen LogP contribution >= 0.6 is 35.4 Å². The second-order valence-corrected chi connectivity index (χ2v) is 4.76. The Balaban J connectivity index is 2.67. The molecule has 0 unspecified atom stereocenters. The maximum Gasteiger partial charge on any atom is 0.431 e. The molecule has 1 aromatic carbocycles. The van der Waals surface area contributed by atoms with Crippen LogP contribution in [0.25, 0.3) is 11.3 Å². The molecule has 2 nitrogen and oxygen atoms in total. The zero-order valence-corrected chi connectivity index (χ0v) is 11.4. The molecule has 8 heteroatoms. The van der Waals surface area contributed by atoms with Gasteiger partial charge in [0.1, 0.15) is 5.69 Å². The highest BCUT2D eigenvalue weighted by Gasteiger charge is 2.32. The van der Waals surface area contributed by atoms with E-state index in [0.717, 1.165) is 6.07 Å². The van der Waals surface area contributed by atoms with Gasteiger partial charge in [0.15, 0.2) is 4.77 Å². The lowest BCUT2D eigenvalue weighted by atomic mass is 10.1. The van der Waals surface area contributed by atoms with Gasteiger partial charge in [-0.05, 0) is 24.4 Å². The molecule has 0 bridgehead atoms. The summed E-state index contributed by atoms with van der Waals surface area (Å²) >= 11 is 16.5. The van der Waals surface area contributed by atoms with Crippen LogP contribution in [0.5, 0.6) is 0 Å². The highest BCUT2D eigenvalue weighted by atomic mass is 35.5. The average Bonchev–Trinajstić information content (AvgIpc) is 2.31. The topological polar surface area (TPSA) is 28.7 Å². The molecule has 19 heavy (non-hydrogen) atoms. The van der Waals surface area contributed by atoms with Crippen LogP contribution in [0.1, 0.15) is 5.69 Å². The first-order valence-electron chi connectivity index (χ1n) is 4.92. The highest BCUT2D eigenvalue weighted by molar-refractivity contribution is 7.71. The summed E-state index contributed by atoms with van der Waals surface area (Å²) in [5.74, 6) is 0. The Hall–Kier alpha value is -1.11. The fourth-order valence-corrected chi connectivity index (χ4v) is 2.06. The summed E-state index contributed by atoms with van der Waals surface area (Å²) in [5, 5.41) is 0.360. The predicted octanol–water partition coefficient (Wildman–Crippen LogP) is 5.13. The molecule has 0 fully saturated rings. The van der Waals surface area contributed by atoms with Crippen molar-refractivity contribution in [3.05, 3.63) is 44.8 Å². The number of aromatic amines is 1.